The highest BCUT2D eigenvalue weighted by atomic mass is 32.2. The Hall–Kier alpha value is -0.260. The molecule has 1 heterocycles. The lowest BCUT2D eigenvalue weighted by Crippen LogP contribution is -2.34. The first-order chi connectivity index (χ1) is 4.70. The molecule has 10 heavy (non-hydrogen) atoms. The van der Waals surface area contributed by atoms with Crippen molar-refractivity contribution in [3.8, 4) is 0 Å². The fraction of sp³-hybridized carbons (Fsp3) is 0.800. The fourth-order valence-electron chi connectivity index (χ4n) is 0.816. The Bertz CT molecular complexity index is 180. The number of nitrogens with zero attached hydrogens (tertiary/aromatic N) is 2. The molecule has 0 aromatic heterocycles. The summed E-state index contributed by atoms with van der Waals surface area (Å²) < 4.78 is 19.1. The number of rotatable bonds is 0. The van der Waals surface area contributed by atoms with Crippen LogP contribution in [-0.2, 0) is 11.1 Å². The highest BCUT2D eigenvalue weighted by Crippen LogP contribution is 1.96. The number of hydrogen-bond acceptors (Lipinski definition) is 3. The van der Waals surface area contributed by atoms with Crippen LogP contribution in [0, 0.1) is 0 Å². The van der Waals surface area contributed by atoms with E-state index in [0.29, 0.717) is 18.1 Å². The van der Waals surface area contributed by atoms with Gasteiger partial charge < -0.3 is 4.55 Å². The van der Waals surface area contributed by atoms with Gasteiger partial charge in [-0.3, -0.25) is 9.89 Å². The van der Waals surface area contributed by atoms with E-state index >= 15 is 0 Å². The van der Waals surface area contributed by atoms with E-state index in [0.717, 1.165) is 6.54 Å². The number of likely N-dealkylation sites (N-methyl/N-ethyl adjacent to an activating group) is 1. The largest absolute Gasteiger partial charge is 0.301 e. The minimum Gasteiger partial charge on any atom is -0.301 e. The summed E-state index contributed by atoms with van der Waals surface area (Å²) in [6.45, 7) is 2.03. The average molecular weight is 162 g/mol. The Labute approximate surface area is 62.2 Å². The lowest BCUT2D eigenvalue weighted by Gasteiger charge is -2.19. The second kappa shape index (κ2) is 3.23. The first-order valence-electron chi connectivity index (χ1n) is 3.03. The van der Waals surface area contributed by atoms with E-state index in [4.69, 9.17) is 4.55 Å². The van der Waals surface area contributed by atoms with Crippen LogP contribution >= 0.6 is 0 Å². The zero-order chi connectivity index (χ0) is 7.56. The van der Waals surface area contributed by atoms with Gasteiger partial charge >= 0.3 is 0 Å². The van der Waals surface area contributed by atoms with Crippen LogP contribution in [0.15, 0.2) is 4.99 Å². The van der Waals surface area contributed by atoms with Crippen LogP contribution in [0.2, 0.25) is 0 Å². The lowest BCUT2D eigenvalue weighted by molar-refractivity contribution is 0.380. The summed E-state index contributed by atoms with van der Waals surface area (Å²) in [4.78, 5) is 5.87. The van der Waals surface area contributed by atoms with Crippen molar-refractivity contribution in [1.29, 1.82) is 0 Å². The van der Waals surface area contributed by atoms with Gasteiger partial charge in [0.2, 0.25) is 11.1 Å². The highest BCUT2D eigenvalue weighted by Gasteiger charge is 2.13. The van der Waals surface area contributed by atoms with Crippen molar-refractivity contribution in [3.63, 3.8) is 0 Å². The quantitative estimate of drug-likeness (QED) is 0.491. The summed E-state index contributed by atoms with van der Waals surface area (Å²) in [5, 5.41) is 0.383. The summed E-state index contributed by atoms with van der Waals surface area (Å²) in [5.41, 5.74) is 0. The molecule has 0 aromatic carbocycles. The first-order valence-corrected chi connectivity index (χ1v) is 4.13. The average Bonchev–Trinajstić information content (AvgIpc) is 1.88. The van der Waals surface area contributed by atoms with Gasteiger partial charge in [-0.25, -0.2) is 4.21 Å². The highest BCUT2D eigenvalue weighted by molar-refractivity contribution is 7.95. The Kier molecular flexibility index (Phi) is 2.53. The molecular weight excluding hydrogens is 152 g/mol. The summed E-state index contributed by atoms with van der Waals surface area (Å²) in [6.07, 6.45) is 0. The smallest absolute Gasteiger partial charge is 0.202 e. The predicted molar refractivity (Wildman–Crippen MR) is 40.6 cm³/mol. The molecule has 0 amide bonds. The molecule has 1 atom stereocenters. The third-order valence-electron chi connectivity index (χ3n) is 1.38. The maximum absolute atomic E-state index is 10.5. The van der Waals surface area contributed by atoms with Crippen molar-refractivity contribution in [2.45, 2.75) is 0 Å². The molecule has 1 aliphatic heterocycles. The lowest BCUT2D eigenvalue weighted by atomic mass is 10.4. The third kappa shape index (κ3) is 1.86. The molecule has 58 valence electrons. The number of hydrogen-bond donors (Lipinski definition) is 1. The summed E-state index contributed by atoms with van der Waals surface area (Å²) >= 11 is -1.86. The summed E-state index contributed by atoms with van der Waals surface area (Å²) in [6, 6.07) is 0. The molecule has 1 rings (SSSR count). The Morgan fingerprint density at radius 3 is 2.90 bits per heavy atom. The van der Waals surface area contributed by atoms with E-state index in [9.17, 15) is 4.21 Å². The Balaban J connectivity index is 2.60. The van der Waals surface area contributed by atoms with E-state index in [-0.39, 0.29) is 0 Å². The van der Waals surface area contributed by atoms with Crippen molar-refractivity contribution >= 4 is 16.1 Å². The van der Waals surface area contributed by atoms with Gasteiger partial charge in [0.1, 0.15) is 5.04 Å². The molecule has 0 aliphatic carbocycles. The van der Waals surface area contributed by atoms with Gasteiger partial charge in [-0.15, -0.1) is 0 Å². The molecule has 0 radical (unpaired) electrons. The topological polar surface area (TPSA) is 52.9 Å². The molecule has 0 fully saturated rings. The van der Waals surface area contributed by atoms with Gasteiger partial charge in [-0.05, 0) is 7.05 Å². The van der Waals surface area contributed by atoms with Crippen LogP contribution in [0.3, 0.4) is 0 Å². The van der Waals surface area contributed by atoms with E-state index in [2.05, 4.69) is 4.99 Å². The Morgan fingerprint density at radius 1 is 1.80 bits per heavy atom. The monoisotopic (exact) mass is 162 g/mol. The molecular formula is C5H10N2O2S. The normalized spacial score (nSPS) is 24.0. The van der Waals surface area contributed by atoms with Gasteiger partial charge in [0.15, 0.2) is 0 Å². The van der Waals surface area contributed by atoms with Crippen molar-refractivity contribution < 1.29 is 8.76 Å². The first kappa shape index (κ1) is 7.84. The van der Waals surface area contributed by atoms with Gasteiger partial charge in [0.25, 0.3) is 0 Å². The zero-order valence-corrected chi connectivity index (χ0v) is 6.60. The molecule has 0 saturated carbocycles. The van der Waals surface area contributed by atoms with Crippen LogP contribution < -0.4 is 0 Å². The fourth-order valence-corrected chi connectivity index (χ4v) is 1.35. The van der Waals surface area contributed by atoms with Gasteiger partial charge in [-0.2, -0.15) is 0 Å². The van der Waals surface area contributed by atoms with Crippen LogP contribution in [0.1, 0.15) is 0 Å². The molecule has 1 aliphatic rings. The van der Waals surface area contributed by atoms with Gasteiger partial charge in [-0.1, -0.05) is 0 Å². The molecule has 0 saturated heterocycles. The van der Waals surface area contributed by atoms with Crippen LogP contribution in [0.5, 0.6) is 0 Å². The van der Waals surface area contributed by atoms with Crippen LogP contribution in [-0.4, -0.2) is 45.4 Å². The standard InChI is InChI=1S/C5H10N2O2S/c1-7-3-2-6-5(4-7)10(8)9/h2-4H2,1H3,(H,8,9). The molecule has 4 nitrogen and oxygen atoms in total. The maximum Gasteiger partial charge on any atom is 0.202 e. The molecule has 0 aromatic rings. The zero-order valence-electron chi connectivity index (χ0n) is 5.78. The van der Waals surface area contributed by atoms with Crippen molar-refractivity contribution in [3.05, 3.63) is 0 Å². The number of aliphatic imine (C=N–C) groups is 1. The van der Waals surface area contributed by atoms with E-state index in [1.807, 2.05) is 11.9 Å². The third-order valence-corrected chi connectivity index (χ3v) is 2.04. The SMILES string of the molecule is CN1CCN=C(S(=O)O)C1. The van der Waals surface area contributed by atoms with Gasteiger partial charge in [0, 0.05) is 6.54 Å². The predicted octanol–water partition coefficient (Wildman–Crippen LogP) is -0.448. The van der Waals surface area contributed by atoms with Crippen molar-refractivity contribution in [1.82, 2.24) is 4.90 Å². The molecule has 0 bridgehead atoms. The van der Waals surface area contributed by atoms with Crippen molar-refractivity contribution in [2.75, 3.05) is 26.7 Å². The minimum atomic E-state index is -1.86. The molecule has 1 N–H and O–H groups in total. The van der Waals surface area contributed by atoms with E-state index in [1.165, 1.54) is 0 Å². The molecule has 0 spiro atoms. The second-order valence-corrected chi connectivity index (χ2v) is 3.23. The van der Waals surface area contributed by atoms with E-state index in [1.54, 1.807) is 0 Å². The van der Waals surface area contributed by atoms with Crippen molar-refractivity contribution in [2.24, 2.45) is 4.99 Å². The van der Waals surface area contributed by atoms with Crippen LogP contribution in [0.4, 0.5) is 0 Å². The van der Waals surface area contributed by atoms with Crippen LogP contribution in [0.25, 0.3) is 0 Å². The maximum atomic E-state index is 10.5. The second-order valence-electron chi connectivity index (χ2n) is 2.26. The minimum absolute atomic E-state index is 0.383. The van der Waals surface area contributed by atoms with Gasteiger partial charge in [0.05, 0.1) is 13.1 Å². The van der Waals surface area contributed by atoms with E-state index < -0.39 is 11.1 Å². The Morgan fingerprint density at radius 2 is 2.50 bits per heavy atom. The summed E-state index contributed by atoms with van der Waals surface area (Å²) in [7, 11) is 1.90. The molecule has 1 unspecified atom stereocenters. The summed E-state index contributed by atoms with van der Waals surface area (Å²) in [5.74, 6) is 0. The molecule has 5 heteroatoms.